The van der Waals surface area contributed by atoms with E-state index in [1.165, 1.54) is 13.8 Å². The number of amides is 3. The second-order valence-electron chi connectivity index (χ2n) is 5.13. The van der Waals surface area contributed by atoms with Gasteiger partial charge in [0.25, 0.3) is 5.91 Å². The minimum absolute atomic E-state index is 0.0160. The van der Waals surface area contributed by atoms with Crippen molar-refractivity contribution in [1.29, 1.82) is 0 Å². The molecule has 0 aliphatic heterocycles. The number of hydrogen-bond acceptors (Lipinski definition) is 3. The summed E-state index contributed by atoms with van der Waals surface area (Å²) in [6.45, 7) is 8.71. The summed E-state index contributed by atoms with van der Waals surface area (Å²) in [6, 6.07) is -0.661. The van der Waals surface area contributed by atoms with Crippen molar-refractivity contribution in [2.75, 3.05) is 0 Å². The number of imide groups is 1. The van der Waals surface area contributed by atoms with Gasteiger partial charge in [-0.1, -0.05) is 20.3 Å². The van der Waals surface area contributed by atoms with Crippen molar-refractivity contribution >= 4 is 17.9 Å². The molecule has 0 aromatic rings. The molecule has 2 atom stereocenters. The predicted molar refractivity (Wildman–Crippen MR) is 76.2 cm³/mol. The first-order valence-corrected chi connectivity index (χ1v) is 6.71. The van der Waals surface area contributed by atoms with Crippen LogP contribution < -0.4 is 10.6 Å². The minimum Gasteiger partial charge on any atom is -0.478 e. The molecule has 0 spiro atoms. The van der Waals surface area contributed by atoms with Gasteiger partial charge in [-0.05, 0) is 33.1 Å². The minimum atomic E-state index is -1.18. The van der Waals surface area contributed by atoms with Crippen LogP contribution in [-0.2, 0) is 9.59 Å². The topological polar surface area (TPSA) is 95.5 Å². The maximum Gasteiger partial charge on any atom is 0.331 e. The summed E-state index contributed by atoms with van der Waals surface area (Å²) in [5, 5.41) is 13.6. The van der Waals surface area contributed by atoms with Gasteiger partial charge in [0.15, 0.2) is 0 Å². The fraction of sp³-hybridized carbons (Fsp3) is 0.643. The van der Waals surface area contributed by atoms with E-state index in [4.69, 9.17) is 5.11 Å². The predicted octanol–water partition coefficient (Wildman–Crippen LogP) is 2.06. The number of carbonyl (C=O) groups is 3. The Bertz CT molecular complexity index is 415. The van der Waals surface area contributed by atoms with Crippen molar-refractivity contribution in [3.8, 4) is 0 Å². The van der Waals surface area contributed by atoms with E-state index in [-0.39, 0.29) is 17.2 Å². The van der Waals surface area contributed by atoms with Crippen molar-refractivity contribution in [2.24, 2.45) is 5.92 Å². The molecule has 6 heteroatoms. The molecule has 0 radical (unpaired) electrons. The summed E-state index contributed by atoms with van der Waals surface area (Å²) in [5.74, 6) is -1.39. The van der Waals surface area contributed by atoms with Gasteiger partial charge in [-0.15, -0.1) is 0 Å². The molecule has 0 aromatic heterocycles. The Labute approximate surface area is 119 Å². The van der Waals surface area contributed by atoms with Crippen molar-refractivity contribution < 1.29 is 19.5 Å². The smallest absolute Gasteiger partial charge is 0.331 e. The number of hydrogen-bond donors (Lipinski definition) is 3. The normalized spacial score (nSPS) is 14.8. The fourth-order valence-corrected chi connectivity index (χ4v) is 1.62. The van der Waals surface area contributed by atoms with Crippen LogP contribution in [0.3, 0.4) is 0 Å². The molecule has 0 bridgehead atoms. The van der Waals surface area contributed by atoms with Gasteiger partial charge in [0.2, 0.25) is 0 Å². The Morgan fingerprint density at radius 1 is 1.10 bits per heavy atom. The molecule has 0 aliphatic carbocycles. The Morgan fingerprint density at radius 2 is 1.65 bits per heavy atom. The summed E-state index contributed by atoms with van der Waals surface area (Å²) >= 11 is 0. The van der Waals surface area contributed by atoms with Gasteiger partial charge in [0, 0.05) is 17.2 Å². The molecule has 2 unspecified atom stereocenters. The van der Waals surface area contributed by atoms with Crippen molar-refractivity contribution in [2.45, 2.75) is 53.5 Å². The maximum atomic E-state index is 11.7. The second kappa shape index (κ2) is 8.35. The highest BCUT2D eigenvalue weighted by atomic mass is 16.4. The Hall–Kier alpha value is -1.85. The van der Waals surface area contributed by atoms with Crippen LogP contribution in [0.25, 0.3) is 0 Å². The van der Waals surface area contributed by atoms with E-state index < -0.39 is 17.9 Å². The van der Waals surface area contributed by atoms with E-state index >= 15 is 0 Å². The monoisotopic (exact) mass is 284 g/mol. The highest BCUT2D eigenvalue weighted by Gasteiger charge is 2.16. The molecule has 0 saturated carbocycles. The molecule has 20 heavy (non-hydrogen) atoms. The SMILES string of the molecule is CCC(C)CC(C)NC(=O)NC(=O)C(C)=C(C)C(=O)O. The zero-order chi connectivity index (χ0) is 15.9. The van der Waals surface area contributed by atoms with Crippen LogP contribution in [0.15, 0.2) is 11.1 Å². The molecule has 0 aliphatic rings. The first kappa shape index (κ1) is 18.1. The van der Waals surface area contributed by atoms with Gasteiger partial charge in [-0.3, -0.25) is 10.1 Å². The van der Waals surface area contributed by atoms with Crippen LogP contribution in [0.2, 0.25) is 0 Å². The first-order valence-electron chi connectivity index (χ1n) is 6.71. The number of nitrogens with one attached hydrogen (secondary N) is 2. The van der Waals surface area contributed by atoms with Gasteiger partial charge < -0.3 is 10.4 Å². The highest BCUT2D eigenvalue weighted by molar-refractivity contribution is 6.07. The van der Waals surface area contributed by atoms with E-state index in [1.807, 2.05) is 6.92 Å². The quantitative estimate of drug-likeness (QED) is 0.650. The number of rotatable bonds is 6. The van der Waals surface area contributed by atoms with Gasteiger partial charge >= 0.3 is 12.0 Å². The molecule has 0 fully saturated rings. The number of aliphatic carboxylic acids is 1. The zero-order valence-corrected chi connectivity index (χ0v) is 12.7. The Morgan fingerprint density at radius 3 is 2.10 bits per heavy atom. The van der Waals surface area contributed by atoms with Crippen LogP contribution in [0.4, 0.5) is 4.79 Å². The van der Waals surface area contributed by atoms with E-state index in [0.717, 1.165) is 12.8 Å². The van der Waals surface area contributed by atoms with Gasteiger partial charge in [0.05, 0.1) is 0 Å². The second-order valence-corrected chi connectivity index (χ2v) is 5.13. The zero-order valence-electron chi connectivity index (χ0n) is 12.7. The lowest BCUT2D eigenvalue weighted by atomic mass is 10.0. The maximum absolute atomic E-state index is 11.7. The molecule has 0 heterocycles. The van der Waals surface area contributed by atoms with Crippen molar-refractivity contribution in [3.63, 3.8) is 0 Å². The average molecular weight is 284 g/mol. The number of urea groups is 1. The molecular formula is C14H24N2O4. The summed E-state index contributed by atoms with van der Waals surface area (Å²) in [4.78, 5) is 34.0. The molecule has 3 N–H and O–H groups in total. The third-order valence-electron chi connectivity index (χ3n) is 3.28. The summed E-state index contributed by atoms with van der Waals surface area (Å²) in [6.07, 6.45) is 1.84. The van der Waals surface area contributed by atoms with Crippen molar-refractivity contribution in [3.05, 3.63) is 11.1 Å². The molecule has 114 valence electrons. The molecule has 0 rings (SSSR count). The highest BCUT2D eigenvalue weighted by Crippen LogP contribution is 2.09. The Balaban J connectivity index is 4.45. The number of carboxylic acid groups (broad SMARTS) is 1. The average Bonchev–Trinajstić information content (AvgIpc) is 2.35. The third kappa shape index (κ3) is 6.36. The summed E-state index contributed by atoms with van der Waals surface area (Å²) in [7, 11) is 0. The van der Waals surface area contributed by atoms with Crippen LogP contribution in [0.1, 0.15) is 47.5 Å². The van der Waals surface area contributed by atoms with Crippen molar-refractivity contribution in [1.82, 2.24) is 10.6 Å². The van der Waals surface area contributed by atoms with Gasteiger partial charge in [-0.2, -0.15) is 0 Å². The van der Waals surface area contributed by atoms with E-state index in [0.29, 0.717) is 5.92 Å². The summed E-state index contributed by atoms with van der Waals surface area (Å²) in [5.41, 5.74) is -0.0646. The Kier molecular flexibility index (Phi) is 7.57. The third-order valence-corrected chi connectivity index (χ3v) is 3.28. The van der Waals surface area contributed by atoms with Crippen LogP contribution >= 0.6 is 0 Å². The lowest BCUT2D eigenvalue weighted by Gasteiger charge is -2.17. The lowest BCUT2D eigenvalue weighted by Crippen LogP contribution is -2.44. The molecule has 0 aromatic carbocycles. The molecule has 6 nitrogen and oxygen atoms in total. The standard InChI is InChI=1S/C14H24N2O4/c1-6-8(2)7-9(3)15-14(20)16-12(17)10(4)11(5)13(18)19/h8-9H,6-7H2,1-5H3,(H,18,19)(H2,15,16,17,20). The number of carboxylic acids is 1. The lowest BCUT2D eigenvalue weighted by molar-refractivity contribution is -0.133. The van der Waals surface area contributed by atoms with Gasteiger partial charge in [-0.25, -0.2) is 9.59 Å². The van der Waals surface area contributed by atoms with Gasteiger partial charge in [0.1, 0.15) is 0 Å². The van der Waals surface area contributed by atoms with E-state index in [1.54, 1.807) is 0 Å². The molecular weight excluding hydrogens is 260 g/mol. The first-order chi connectivity index (χ1) is 9.18. The molecule has 3 amide bonds. The largest absolute Gasteiger partial charge is 0.478 e. The van der Waals surface area contributed by atoms with Crippen LogP contribution in [0, 0.1) is 5.92 Å². The van der Waals surface area contributed by atoms with Crippen LogP contribution in [-0.4, -0.2) is 29.1 Å². The fourth-order valence-electron chi connectivity index (χ4n) is 1.62. The summed E-state index contributed by atoms with van der Waals surface area (Å²) < 4.78 is 0. The van der Waals surface area contributed by atoms with E-state index in [2.05, 4.69) is 24.5 Å². The van der Waals surface area contributed by atoms with E-state index in [9.17, 15) is 14.4 Å². The van der Waals surface area contributed by atoms with Crippen LogP contribution in [0.5, 0.6) is 0 Å². The molecule has 0 saturated heterocycles. The number of carbonyl (C=O) groups excluding carboxylic acids is 2.